The van der Waals surface area contributed by atoms with Crippen molar-refractivity contribution in [3.8, 4) is 11.3 Å². The highest BCUT2D eigenvalue weighted by molar-refractivity contribution is 5.92. The first-order chi connectivity index (χ1) is 16.9. The molecule has 0 amide bonds. The van der Waals surface area contributed by atoms with E-state index >= 15 is 0 Å². The summed E-state index contributed by atoms with van der Waals surface area (Å²) >= 11 is 0. The van der Waals surface area contributed by atoms with Crippen LogP contribution in [0.5, 0.6) is 0 Å². The third-order valence-electron chi connectivity index (χ3n) is 6.43. The van der Waals surface area contributed by atoms with Crippen molar-refractivity contribution < 1.29 is 13.5 Å². The second-order valence-corrected chi connectivity index (χ2v) is 9.16. The predicted molar refractivity (Wildman–Crippen MR) is 124 cm³/mol. The Kier molecular flexibility index (Phi) is 5.10. The van der Waals surface area contributed by atoms with Crippen molar-refractivity contribution in [3.63, 3.8) is 0 Å². The second-order valence-electron chi connectivity index (χ2n) is 9.16. The lowest BCUT2D eigenvalue weighted by Crippen LogP contribution is -2.43. The largest absolute Gasteiger partial charge is 0.367 e. The molecule has 2 aliphatic rings. The van der Waals surface area contributed by atoms with Gasteiger partial charge in [0.25, 0.3) is 5.56 Å². The zero-order valence-electron chi connectivity index (χ0n) is 19.2. The Labute approximate surface area is 199 Å². The fourth-order valence-corrected chi connectivity index (χ4v) is 4.48. The molecule has 2 fully saturated rings. The third kappa shape index (κ3) is 3.95. The van der Waals surface area contributed by atoms with Gasteiger partial charge in [-0.3, -0.25) is 9.48 Å². The molecule has 1 saturated carbocycles. The lowest BCUT2D eigenvalue weighted by molar-refractivity contribution is -0.0178. The van der Waals surface area contributed by atoms with Gasteiger partial charge in [-0.05, 0) is 31.9 Å². The molecule has 2 atom stereocenters. The summed E-state index contributed by atoms with van der Waals surface area (Å²) in [4.78, 5) is 24.1. The van der Waals surface area contributed by atoms with Crippen LogP contribution in [0.25, 0.3) is 22.2 Å². The minimum absolute atomic E-state index is 0.0682. The van der Waals surface area contributed by atoms with E-state index in [1.54, 1.807) is 0 Å². The first kappa shape index (κ1) is 21.8. The maximum atomic E-state index is 14.8. The zero-order chi connectivity index (χ0) is 24.3. The van der Waals surface area contributed by atoms with Crippen LogP contribution >= 0.6 is 0 Å². The predicted octanol–water partition coefficient (Wildman–Crippen LogP) is 3.17. The van der Waals surface area contributed by atoms with Crippen LogP contribution in [0.2, 0.25) is 0 Å². The van der Waals surface area contributed by atoms with Gasteiger partial charge in [-0.1, -0.05) is 0 Å². The molecule has 35 heavy (non-hydrogen) atoms. The molecule has 6 rings (SSSR count). The lowest BCUT2D eigenvalue weighted by Gasteiger charge is -2.36. The first-order valence-corrected chi connectivity index (χ1v) is 11.5. The van der Waals surface area contributed by atoms with E-state index in [1.807, 2.05) is 28.9 Å². The molecule has 3 aromatic heterocycles. The summed E-state index contributed by atoms with van der Waals surface area (Å²) in [5, 5.41) is 8.82. The maximum Gasteiger partial charge on any atom is 0.293 e. The summed E-state index contributed by atoms with van der Waals surface area (Å²) in [5.41, 5.74) is 0.893. The van der Waals surface area contributed by atoms with Crippen LogP contribution in [-0.4, -0.2) is 48.7 Å². The fraction of sp³-hybridized carbons (Fsp3) is 0.375. The highest BCUT2D eigenvalue weighted by Gasteiger charge is 2.31. The molecule has 0 unspecified atom stereocenters. The highest BCUT2D eigenvalue weighted by Crippen LogP contribution is 2.36. The highest BCUT2D eigenvalue weighted by atomic mass is 19.1. The topological polar surface area (TPSA) is 91.0 Å². The molecular formula is C24H23F2N7O2. The molecule has 9 nitrogen and oxygen atoms in total. The average molecular weight is 479 g/mol. The van der Waals surface area contributed by atoms with E-state index in [0.29, 0.717) is 24.5 Å². The number of anilines is 1. The molecule has 1 saturated heterocycles. The van der Waals surface area contributed by atoms with Gasteiger partial charge in [0, 0.05) is 37.0 Å². The van der Waals surface area contributed by atoms with E-state index in [0.717, 1.165) is 30.5 Å². The van der Waals surface area contributed by atoms with Crippen molar-refractivity contribution in [1.29, 1.82) is 0 Å². The number of morpholine rings is 1. The van der Waals surface area contributed by atoms with E-state index < -0.39 is 17.2 Å². The van der Waals surface area contributed by atoms with Gasteiger partial charge in [-0.15, -0.1) is 0 Å². The van der Waals surface area contributed by atoms with Crippen molar-refractivity contribution in [2.45, 2.75) is 38.0 Å². The third-order valence-corrected chi connectivity index (χ3v) is 6.43. The van der Waals surface area contributed by atoms with Crippen molar-refractivity contribution in [3.05, 3.63) is 64.3 Å². The molecule has 0 spiro atoms. The van der Waals surface area contributed by atoms with Gasteiger partial charge in [0.05, 0.1) is 42.2 Å². The van der Waals surface area contributed by atoms with Crippen molar-refractivity contribution in [2.24, 2.45) is 7.05 Å². The lowest BCUT2D eigenvalue weighted by atomic mass is 10.1. The van der Waals surface area contributed by atoms with Gasteiger partial charge in [0.2, 0.25) is 5.95 Å². The average Bonchev–Trinajstić information content (AvgIpc) is 3.57. The Balaban J connectivity index is 1.45. The zero-order valence-corrected chi connectivity index (χ0v) is 19.2. The van der Waals surface area contributed by atoms with E-state index in [1.165, 1.54) is 24.0 Å². The molecular weight excluding hydrogens is 456 g/mol. The number of ether oxygens (including phenoxy) is 1. The van der Waals surface area contributed by atoms with Crippen molar-refractivity contribution >= 4 is 16.9 Å². The SMILES string of the molecule is C[C@@H]1CN(c2nc(-c3ccc(F)cc3F)c3cnn(C)c(=O)c3n2)C[C@@H](c2cnn(C3CC3)c2)O1. The van der Waals surface area contributed by atoms with E-state index in [-0.39, 0.29) is 34.9 Å². The van der Waals surface area contributed by atoms with Gasteiger partial charge in [0.1, 0.15) is 23.3 Å². The van der Waals surface area contributed by atoms with Gasteiger partial charge in [-0.25, -0.2) is 23.4 Å². The van der Waals surface area contributed by atoms with Crippen LogP contribution < -0.4 is 10.5 Å². The standard InChI is InChI=1S/C24H23F2N7O2/c1-13-10-32(12-20(35-13)14-8-28-33(11-14)16-4-5-16)24-29-21(17-6-3-15(25)7-19(17)26)18-9-27-31(2)23(34)22(18)30-24/h3,6-9,11,13,16,20H,4-5,10,12H2,1-2H3/t13-,20+/m1/s1. The fourth-order valence-electron chi connectivity index (χ4n) is 4.48. The molecule has 1 aliphatic carbocycles. The quantitative estimate of drug-likeness (QED) is 0.444. The number of fused-ring (bicyclic) bond motifs is 1. The Hall–Kier alpha value is -3.73. The summed E-state index contributed by atoms with van der Waals surface area (Å²) in [6.45, 7) is 2.87. The van der Waals surface area contributed by atoms with Crippen LogP contribution in [0.4, 0.5) is 14.7 Å². The number of hydrogen-bond acceptors (Lipinski definition) is 7. The van der Waals surface area contributed by atoms with Gasteiger partial charge in [-0.2, -0.15) is 10.2 Å². The molecule has 1 aliphatic heterocycles. The van der Waals surface area contributed by atoms with E-state index in [4.69, 9.17) is 4.74 Å². The van der Waals surface area contributed by atoms with Gasteiger partial charge >= 0.3 is 0 Å². The van der Waals surface area contributed by atoms with E-state index in [2.05, 4.69) is 20.2 Å². The monoisotopic (exact) mass is 479 g/mol. The Bertz CT molecular complexity index is 1500. The summed E-state index contributed by atoms with van der Waals surface area (Å²) < 4.78 is 37.7. The number of benzene rings is 1. The Morgan fingerprint density at radius 2 is 1.91 bits per heavy atom. The number of aryl methyl sites for hydroxylation is 1. The summed E-state index contributed by atoms with van der Waals surface area (Å²) in [5.74, 6) is -1.21. The molecule has 0 radical (unpaired) electrons. The molecule has 0 N–H and O–H groups in total. The smallest absolute Gasteiger partial charge is 0.293 e. The number of rotatable bonds is 4. The normalized spacial score (nSPS) is 20.5. The van der Waals surface area contributed by atoms with E-state index in [9.17, 15) is 13.6 Å². The van der Waals surface area contributed by atoms with Crippen LogP contribution in [0.3, 0.4) is 0 Å². The van der Waals surface area contributed by atoms with Crippen LogP contribution in [0.15, 0.2) is 41.6 Å². The van der Waals surface area contributed by atoms with Gasteiger partial charge < -0.3 is 9.64 Å². The Morgan fingerprint density at radius 1 is 1.09 bits per heavy atom. The summed E-state index contributed by atoms with van der Waals surface area (Å²) in [6, 6.07) is 3.72. The Morgan fingerprint density at radius 3 is 2.69 bits per heavy atom. The number of halogens is 2. The van der Waals surface area contributed by atoms with Crippen LogP contribution in [0.1, 0.15) is 37.5 Å². The van der Waals surface area contributed by atoms with Crippen LogP contribution in [0, 0.1) is 11.6 Å². The number of aromatic nitrogens is 6. The molecule has 4 heterocycles. The second kappa shape index (κ2) is 8.19. The molecule has 1 aromatic carbocycles. The molecule has 0 bridgehead atoms. The number of hydrogen-bond donors (Lipinski definition) is 0. The number of nitrogens with zero attached hydrogens (tertiary/aromatic N) is 7. The minimum Gasteiger partial charge on any atom is -0.367 e. The summed E-state index contributed by atoms with van der Waals surface area (Å²) in [6.07, 6.45) is 7.11. The minimum atomic E-state index is -0.780. The van der Waals surface area contributed by atoms with Crippen molar-refractivity contribution in [2.75, 3.05) is 18.0 Å². The molecule has 180 valence electrons. The molecule has 11 heteroatoms. The summed E-state index contributed by atoms with van der Waals surface area (Å²) in [7, 11) is 1.52. The molecule has 4 aromatic rings. The van der Waals surface area contributed by atoms with Crippen molar-refractivity contribution in [1.82, 2.24) is 29.5 Å². The first-order valence-electron chi connectivity index (χ1n) is 11.5. The van der Waals surface area contributed by atoms with Gasteiger partial charge in [0.15, 0.2) is 0 Å². The van der Waals surface area contributed by atoms with Crippen LogP contribution in [-0.2, 0) is 11.8 Å². The maximum absolute atomic E-state index is 14.8.